The lowest BCUT2D eigenvalue weighted by molar-refractivity contribution is -0.394. The largest absolute Gasteiger partial charge is 0.502 e. The molecule has 16 nitrogen and oxygen atoms in total. The van der Waals surface area contributed by atoms with Crippen molar-refractivity contribution in [3.63, 3.8) is 0 Å². The second kappa shape index (κ2) is 8.61. The van der Waals surface area contributed by atoms with Crippen molar-refractivity contribution in [2.75, 3.05) is 5.73 Å². The van der Waals surface area contributed by atoms with Crippen LogP contribution in [0.3, 0.4) is 0 Å². The molecule has 0 saturated carbocycles. The zero-order valence-corrected chi connectivity index (χ0v) is 16.9. The molecule has 16 heteroatoms. The molecule has 2 heterocycles. The highest BCUT2D eigenvalue weighted by Crippen LogP contribution is 2.33. The summed E-state index contributed by atoms with van der Waals surface area (Å²) in [6, 6.07) is 8.41. The van der Waals surface area contributed by atoms with Gasteiger partial charge in [0.05, 0.1) is 38.7 Å². The number of nitrogens with zero attached hydrogens (tertiary/aromatic N) is 7. The van der Waals surface area contributed by atoms with Crippen molar-refractivity contribution < 1.29 is 24.4 Å². The van der Waals surface area contributed by atoms with Crippen LogP contribution in [0.2, 0.25) is 0 Å². The van der Waals surface area contributed by atoms with E-state index >= 15 is 0 Å². The number of carbonyl (C=O) groups is 1. The number of aromatic hydroxyl groups is 1. The van der Waals surface area contributed by atoms with Gasteiger partial charge in [-0.2, -0.15) is 5.10 Å². The first-order valence-corrected chi connectivity index (χ1v) is 9.27. The van der Waals surface area contributed by atoms with E-state index in [1.165, 1.54) is 4.57 Å². The van der Waals surface area contributed by atoms with Gasteiger partial charge in [0, 0.05) is 6.07 Å². The molecule has 0 bridgehead atoms. The number of amides is 1. The number of hydrazone groups is 1. The Morgan fingerprint density at radius 3 is 2.68 bits per heavy atom. The molecular formula is C18H13N9O7. The number of fused-ring (bicyclic) bond motifs is 1. The first kappa shape index (κ1) is 21.8. The molecule has 0 radical (unpaired) electrons. The predicted octanol–water partition coefficient (Wildman–Crippen LogP) is 1.34. The molecule has 0 fully saturated rings. The first-order chi connectivity index (χ1) is 16.3. The van der Waals surface area contributed by atoms with Gasteiger partial charge >= 0.3 is 5.69 Å². The highest BCUT2D eigenvalue weighted by atomic mass is 16.6. The van der Waals surface area contributed by atoms with E-state index in [2.05, 4.69) is 30.5 Å². The lowest BCUT2D eigenvalue weighted by atomic mass is 10.1. The molecule has 0 aliphatic rings. The summed E-state index contributed by atoms with van der Waals surface area (Å²) in [7, 11) is 0. The number of anilines is 1. The van der Waals surface area contributed by atoms with Crippen LogP contribution in [0.25, 0.3) is 22.6 Å². The van der Waals surface area contributed by atoms with Crippen LogP contribution in [0.15, 0.2) is 46.1 Å². The normalized spacial score (nSPS) is 11.2. The maximum absolute atomic E-state index is 12.5. The zero-order chi connectivity index (χ0) is 24.4. The number of non-ortho nitro benzene ring substituents is 1. The summed E-state index contributed by atoms with van der Waals surface area (Å²) < 4.78 is 6.10. The van der Waals surface area contributed by atoms with Gasteiger partial charge in [-0.3, -0.25) is 25.0 Å². The SMILES string of the molecule is Nc1nonc1-c1nc2ccccc2n1CC(=O)NN=Cc1cc([N+](=O)[O-])cc([N+](=O)[O-])c1O. The Bertz CT molecular complexity index is 1470. The highest BCUT2D eigenvalue weighted by Gasteiger charge is 2.23. The summed E-state index contributed by atoms with van der Waals surface area (Å²) in [5, 5.41) is 42.9. The minimum absolute atomic E-state index is 0.0299. The summed E-state index contributed by atoms with van der Waals surface area (Å²) in [5.41, 5.74) is 7.34. The fourth-order valence-corrected chi connectivity index (χ4v) is 3.09. The first-order valence-electron chi connectivity index (χ1n) is 9.27. The Labute approximate surface area is 187 Å². The van der Waals surface area contributed by atoms with E-state index in [0.717, 1.165) is 12.3 Å². The number of rotatable bonds is 7. The van der Waals surface area contributed by atoms with Crippen LogP contribution in [0.5, 0.6) is 5.75 Å². The monoisotopic (exact) mass is 467 g/mol. The molecule has 4 aromatic rings. The van der Waals surface area contributed by atoms with E-state index in [1.807, 2.05) is 0 Å². The third kappa shape index (κ3) is 4.05. The Hall–Kier alpha value is -5.41. The molecule has 0 saturated heterocycles. The number of aromatic nitrogens is 4. The van der Waals surface area contributed by atoms with Crippen molar-refractivity contribution in [2.24, 2.45) is 5.10 Å². The summed E-state index contributed by atoms with van der Waals surface area (Å²) in [6.07, 6.45) is 0.847. The van der Waals surface area contributed by atoms with E-state index in [-0.39, 0.29) is 29.4 Å². The molecule has 2 aromatic heterocycles. The Balaban J connectivity index is 1.60. The number of phenols is 1. The summed E-state index contributed by atoms with van der Waals surface area (Å²) in [5.74, 6) is -1.32. The third-order valence-corrected chi connectivity index (χ3v) is 4.59. The number of benzene rings is 2. The molecule has 172 valence electrons. The van der Waals surface area contributed by atoms with E-state index in [1.54, 1.807) is 24.3 Å². The van der Waals surface area contributed by atoms with Crippen LogP contribution >= 0.6 is 0 Å². The third-order valence-electron chi connectivity index (χ3n) is 4.59. The minimum atomic E-state index is -0.978. The van der Waals surface area contributed by atoms with E-state index in [4.69, 9.17) is 5.73 Å². The second-order valence-electron chi connectivity index (χ2n) is 6.72. The summed E-state index contributed by atoms with van der Waals surface area (Å²) in [4.78, 5) is 37.2. The smallest absolute Gasteiger partial charge is 0.318 e. The average molecular weight is 467 g/mol. The topological polar surface area (TPSA) is 231 Å². The molecule has 0 atom stereocenters. The number of imidazole rings is 1. The number of carbonyl (C=O) groups excluding carboxylic acids is 1. The van der Waals surface area contributed by atoms with Crippen LogP contribution < -0.4 is 11.2 Å². The molecule has 4 N–H and O–H groups in total. The van der Waals surface area contributed by atoms with Crippen molar-refractivity contribution >= 4 is 40.3 Å². The molecular weight excluding hydrogens is 454 g/mol. The van der Waals surface area contributed by atoms with E-state index in [9.17, 15) is 30.1 Å². The molecule has 4 rings (SSSR count). The Morgan fingerprint density at radius 2 is 2.00 bits per heavy atom. The molecule has 34 heavy (non-hydrogen) atoms. The minimum Gasteiger partial charge on any atom is -0.502 e. The van der Waals surface area contributed by atoms with Gasteiger partial charge < -0.3 is 15.4 Å². The van der Waals surface area contributed by atoms with Crippen molar-refractivity contribution in [2.45, 2.75) is 6.54 Å². The van der Waals surface area contributed by atoms with Crippen molar-refractivity contribution in [3.05, 3.63) is 62.2 Å². The van der Waals surface area contributed by atoms with Gasteiger partial charge in [0.1, 0.15) is 6.54 Å². The Kier molecular flexibility index (Phi) is 5.52. The summed E-state index contributed by atoms with van der Waals surface area (Å²) in [6.45, 7) is -0.305. The summed E-state index contributed by atoms with van der Waals surface area (Å²) >= 11 is 0. The second-order valence-corrected chi connectivity index (χ2v) is 6.72. The number of nitro benzene ring substituents is 2. The van der Waals surface area contributed by atoms with Crippen molar-refractivity contribution in [3.8, 4) is 17.3 Å². The van der Waals surface area contributed by atoms with E-state index in [0.29, 0.717) is 17.1 Å². The average Bonchev–Trinajstić information content (AvgIpc) is 3.37. The van der Waals surface area contributed by atoms with Crippen LogP contribution in [0.1, 0.15) is 5.56 Å². The number of nitrogen functional groups attached to an aromatic ring is 1. The van der Waals surface area contributed by atoms with Crippen LogP contribution in [-0.4, -0.2) is 46.9 Å². The van der Waals surface area contributed by atoms with E-state index < -0.39 is 32.9 Å². The lowest BCUT2D eigenvalue weighted by Crippen LogP contribution is -2.23. The fourth-order valence-electron chi connectivity index (χ4n) is 3.09. The van der Waals surface area contributed by atoms with Gasteiger partial charge in [0.2, 0.25) is 5.75 Å². The van der Waals surface area contributed by atoms with Gasteiger partial charge in [-0.05, 0) is 22.4 Å². The molecule has 0 aliphatic carbocycles. The van der Waals surface area contributed by atoms with Crippen molar-refractivity contribution in [1.29, 1.82) is 0 Å². The zero-order valence-electron chi connectivity index (χ0n) is 16.9. The molecule has 1 amide bonds. The van der Waals surface area contributed by atoms with Gasteiger partial charge in [0.15, 0.2) is 17.3 Å². The van der Waals surface area contributed by atoms with Gasteiger partial charge in [0.25, 0.3) is 11.6 Å². The number of hydrogen-bond acceptors (Lipinski definition) is 12. The number of phenolic OH excluding ortho intramolecular Hbond substituents is 1. The molecule has 0 aliphatic heterocycles. The molecule has 0 spiro atoms. The Morgan fingerprint density at radius 1 is 1.24 bits per heavy atom. The van der Waals surface area contributed by atoms with Gasteiger partial charge in [-0.1, -0.05) is 12.1 Å². The standard InChI is InChI=1S/C18H13N9O7/c19-17-15(23-34-24-17)18-21-11-3-1-2-4-12(11)25(18)8-14(28)22-20-7-9-5-10(26(30)31)6-13(16(9)29)27(32)33/h1-7,29H,8H2,(H2,19,24)(H,22,28). The van der Waals surface area contributed by atoms with Crippen molar-refractivity contribution in [1.82, 2.24) is 25.3 Å². The number of nitro groups is 2. The quantitative estimate of drug-likeness (QED) is 0.199. The predicted molar refractivity (Wildman–Crippen MR) is 115 cm³/mol. The van der Waals surface area contributed by atoms with Gasteiger partial charge in [-0.25, -0.2) is 15.0 Å². The maximum atomic E-state index is 12.5. The van der Waals surface area contributed by atoms with Crippen LogP contribution in [0, 0.1) is 20.2 Å². The fraction of sp³-hybridized carbons (Fsp3) is 0.0556. The van der Waals surface area contributed by atoms with Crippen LogP contribution in [0.4, 0.5) is 17.2 Å². The van der Waals surface area contributed by atoms with Crippen LogP contribution in [-0.2, 0) is 11.3 Å². The number of para-hydroxylation sites is 2. The molecule has 0 unspecified atom stereocenters. The van der Waals surface area contributed by atoms with Gasteiger partial charge in [-0.15, -0.1) is 0 Å². The highest BCUT2D eigenvalue weighted by molar-refractivity contribution is 5.89. The maximum Gasteiger partial charge on any atom is 0.318 e. The number of nitrogens with two attached hydrogens (primary N) is 1. The number of hydrogen-bond donors (Lipinski definition) is 3. The lowest BCUT2D eigenvalue weighted by Gasteiger charge is -2.06. The number of nitrogens with one attached hydrogen (secondary N) is 1. The molecule has 2 aromatic carbocycles.